The van der Waals surface area contributed by atoms with Crippen LogP contribution >= 0.6 is 0 Å². The molecule has 1 aromatic rings. The molecule has 3 N–H and O–H groups in total. The van der Waals surface area contributed by atoms with Gasteiger partial charge in [0.05, 0.1) is 4.90 Å². The summed E-state index contributed by atoms with van der Waals surface area (Å²) in [5.41, 5.74) is 0.269. The van der Waals surface area contributed by atoms with Crippen LogP contribution in [0.3, 0.4) is 0 Å². The molecular formula is C9H12BNO4S. The first-order valence-electron chi connectivity index (χ1n) is 4.97. The molecule has 0 amide bonds. The summed E-state index contributed by atoms with van der Waals surface area (Å²) in [5, 5.41) is 17.7. The molecule has 0 aliphatic heterocycles. The van der Waals surface area contributed by atoms with Gasteiger partial charge in [-0.05, 0) is 30.4 Å². The molecule has 0 unspecified atom stereocenters. The van der Waals surface area contributed by atoms with Gasteiger partial charge in [0.2, 0.25) is 10.0 Å². The van der Waals surface area contributed by atoms with Gasteiger partial charge >= 0.3 is 7.12 Å². The minimum absolute atomic E-state index is 0.0631. The van der Waals surface area contributed by atoms with Gasteiger partial charge in [-0.25, -0.2) is 13.1 Å². The van der Waals surface area contributed by atoms with Crippen molar-refractivity contribution in [3.63, 3.8) is 0 Å². The van der Waals surface area contributed by atoms with Crippen molar-refractivity contribution < 1.29 is 18.5 Å². The van der Waals surface area contributed by atoms with Gasteiger partial charge in [0, 0.05) is 6.04 Å². The Morgan fingerprint density at radius 1 is 1.19 bits per heavy atom. The van der Waals surface area contributed by atoms with E-state index < -0.39 is 17.1 Å². The number of rotatable bonds is 4. The maximum absolute atomic E-state index is 11.7. The summed E-state index contributed by atoms with van der Waals surface area (Å²) in [6, 6.07) is 5.55. The second-order valence-corrected chi connectivity index (χ2v) is 5.55. The number of sulfonamides is 1. The SMILES string of the molecule is O=S(=O)(NC1CC1)c1ccc(B(O)O)cc1. The van der Waals surface area contributed by atoms with Crippen molar-refractivity contribution in [1.82, 2.24) is 4.72 Å². The third kappa shape index (κ3) is 2.62. The molecule has 1 aliphatic carbocycles. The number of nitrogens with one attached hydrogen (secondary N) is 1. The van der Waals surface area contributed by atoms with E-state index in [1.807, 2.05) is 0 Å². The third-order valence-electron chi connectivity index (χ3n) is 2.39. The van der Waals surface area contributed by atoms with Crippen molar-refractivity contribution >= 4 is 22.6 Å². The van der Waals surface area contributed by atoms with Gasteiger partial charge in [-0.1, -0.05) is 12.1 Å². The molecule has 0 saturated heterocycles. The van der Waals surface area contributed by atoms with Crippen molar-refractivity contribution in [3.8, 4) is 0 Å². The zero-order valence-electron chi connectivity index (χ0n) is 8.50. The first-order valence-corrected chi connectivity index (χ1v) is 6.46. The van der Waals surface area contributed by atoms with Crippen LogP contribution in [0.2, 0.25) is 0 Å². The van der Waals surface area contributed by atoms with Gasteiger partial charge < -0.3 is 10.0 Å². The summed E-state index contributed by atoms with van der Waals surface area (Å²) in [4.78, 5) is 0.142. The number of benzene rings is 1. The van der Waals surface area contributed by atoms with E-state index in [9.17, 15) is 8.42 Å². The standard InChI is InChI=1S/C9H12BNO4S/c12-10(13)7-1-5-9(6-2-7)16(14,15)11-8-3-4-8/h1-2,5-6,8,11-13H,3-4H2. The van der Waals surface area contributed by atoms with Crippen LogP contribution < -0.4 is 10.2 Å². The highest BCUT2D eigenvalue weighted by Crippen LogP contribution is 2.21. The summed E-state index contributed by atoms with van der Waals surface area (Å²) in [6.07, 6.45) is 1.76. The Bertz CT molecular complexity index is 467. The van der Waals surface area contributed by atoms with E-state index in [4.69, 9.17) is 10.0 Å². The fraction of sp³-hybridized carbons (Fsp3) is 0.333. The Morgan fingerprint density at radius 2 is 1.75 bits per heavy atom. The van der Waals surface area contributed by atoms with Crippen LogP contribution in [0.15, 0.2) is 29.2 Å². The molecule has 7 heteroatoms. The molecule has 1 saturated carbocycles. The van der Waals surface area contributed by atoms with Gasteiger partial charge in [0.25, 0.3) is 0 Å². The average Bonchev–Trinajstić information content (AvgIpc) is 3.01. The van der Waals surface area contributed by atoms with E-state index in [1.54, 1.807) is 0 Å². The van der Waals surface area contributed by atoms with E-state index in [-0.39, 0.29) is 16.4 Å². The normalized spacial score (nSPS) is 16.1. The van der Waals surface area contributed by atoms with Crippen molar-refractivity contribution in [2.75, 3.05) is 0 Å². The van der Waals surface area contributed by atoms with Crippen LogP contribution in [-0.2, 0) is 10.0 Å². The predicted molar refractivity (Wildman–Crippen MR) is 59.6 cm³/mol. The van der Waals surface area contributed by atoms with Gasteiger partial charge in [0.15, 0.2) is 0 Å². The van der Waals surface area contributed by atoms with Gasteiger partial charge in [-0.15, -0.1) is 0 Å². The molecule has 0 bridgehead atoms. The fourth-order valence-corrected chi connectivity index (χ4v) is 2.61. The third-order valence-corrected chi connectivity index (χ3v) is 3.92. The lowest BCUT2D eigenvalue weighted by Crippen LogP contribution is -2.30. The van der Waals surface area contributed by atoms with Crippen LogP contribution in [0.1, 0.15) is 12.8 Å². The molecule has 0 atom stereocenters. The Balaban J connectivity index is 2.19. The number of hydrogen-bond donors (Lipinski definition) is 3. The van der Waals surface area contributed by atoms with E-state index >= 15 is 0 Å². The predicted octanol–water partition coefficient (Wildman–Crippen LogP) is -1.19. The molecule has 0 aromatic heterocycles. The topological polar surface area (TPSA) is 86.6 Å². The van der Waals surface area contributed by atoms with Crippen LogP contribution in [0, 0.1) is 0 Å². The van der Waals surface area contributed by atoms with Gasteiger partial charge in [0.1, 0.15) is 0 Å². The van der Waals surface area contributed by atoms with Crippen LogP contribution in [0.25, 0.3) is 0 Å². The summed E-state index contributed by atoms with van der Waals surface area (Å²) < 4.78 is 26.0. The Labute approximate surface area is 94.3 Å². The quantitative estimate of drug-likeness (QED) is 0.578. The highest BCUT2D eigenvalue weighted by atomic mass is 32.2. The Kier molecular flexibility index (Phi) is 3.03. The minimum atomic E-state index is -3.45. The molecule has 0 heterocycles. The lowest BCUT2D eigenvalue weighted by atomic mass is 9.81. The maximum atomic E-state index is 11.7. The van der Waals surface area contributed by atoms with Crippen molar-refractivity contribution in [3.05, 3.63) is 24.3 Å². The molecule has 1 fully saturated rings. The molecule has 0 spiro atoms. The van der Waals surface area contributed by atoms with E-state index in [0.717, 1.165) is 12.8 Å². The fourth-order valence-electron chi connectivity index (χ4n) is 1.31. The highest BCUT2D eigenvalue weighted by Gasteiger charge is 2.28. The van der Waals surface area contributed by atoms with Crippen LogP contribution in [0.5, 0.6) is 0 Å². The monoisotopic (exact) mass is 241 g/mol. The molecule has 86 valence electrons. The first kappa shape index (κ1) is 11.6. The second kappa shape index (κ2) is 4.17. The number of hydrogen-bond acceptors (Lipinski definition) is 4. The van der Waals surface area contributed by atoms with E-state index in [2.05, 4.69) is 4.72 Å². The van der Waals surface area contributed by atoms with Gasteiger partial charge in [-0.2, -0.15) is 0 Å². The summed E-state index contributed by atoms with van der Waals surface area (Å²) in [6.45, 7) is 0. The molecular weight excluding hydrogens is 229 g/mol. The second-order valence-electron chi connectivity index (χ2n) is 3.84. The van der Waals surface area contributed by atoms with Crippen molar-refractivity contribution in [2.45, 2.75) is 23.8 Å². The Hall–Kier alpha value is -0.885. The summed E-state index contributed by atoms with van der Waals surface area (Å²) in [5.74, 6) is 0. The van der Waals surface area contributed by atoms with Crippen molar-refractivity contribution in [2.24, 2.45) is 0 Å². The zero-order valence-corrected chi connectivity index (χ0v) is 9.31. The largest absolute Gasteiger partial charge is 0.488 e. The molecule has 2 rings (SSSR count). The van der Waals surface area contributed by atoms with E-state index in [1.165, 1.54) is 24.3 Å². The molecule has 16 heavy (non-hydrogen) atoms. The molecule has 1 aliphatic rings. The van der Waals surface area contributed by atoms with E-state index in [0.29, 0.717) is 0 Å². The van der Waals surface area contributed by atoms with Crippen LogP contribution in [0.4, 0.5) is 0 Å². The molecule has 0 radical (unpaired) electrons. The summed E-state index contributed by atoms with van der Waals surface area (Å²) in [7, 11) is -5.03. The molecule has 5 nitrogen and oxygen atoms in total. The maximum Gasteiger partial charge on any atom is 0.488 e. The van der Waals surface area contributed by atoms with Gasteiger partial charge in [-0.3, -0.25) is 0 Å². The average molecular weight is 241 g/mol. The van der Waals surface area contributed by atoms with Crippen LogP contribution in [-0.4, -0.2) is 31.6 Å². The zero-order chi connectivity index (χ0) is 11.8. The lowest BCUT2D eigenvalue weighted by Gasteiger charge is -2.06. The highest BCUT2D eigenvalue weighted by molar-refractivity contribution is 7.89. The van der Waals surface area contributed by atoms with Crippen molar-refractivity contribution in [1.29, 1.82) is 0 Å². The Morgan fingerprint density at radius 3 is 2.19 bits per heavy atom. The lowest BCUT2D eigenvalue weighted by molar-refractivity contribution is 0.425. The molecule has 1 aromatic carbocycles. The minimum Gasteiger partial charge on any atom is -0.423 e. The smallest absolute Gasteiger partial charge is 0.423 e. The first-order chi connectivity index (χ1) is 7.49. The summed E-state index contributed by atoms with van der Waals surface area (Å²) >= 11 is 0.